The van der Waals surface area contributed by atoms with Crippen molar-refractivity contribution in [2.24, 2.45) is 5.92 Å². The van der Waals surface area contributed by atoms with Crippen LogP contribution in [0.5, 0.6) is 0 Å². The van der Waals surface area contributed by atoms with Gasteiger partial charge in [0.25, 0.3) is 5.82 Å². The molecule has 2 aromatic rings. The second kappa shape index (κ2) is 6.70. The number of carboxylic acid groups (broad SMARTS) is 1. The fraction of sp³-hybridized carbons (Fsp3) is 0.312. The molecule has 9 nitrogen and oxygen atoms in total. The van der Waals surface area contributed by atoms with Gasteiger partial charge in [0.05, 0.1) is 5.56 Å². The first-order valence-electron chi connectivity index (χ1n) is 7.47. The largest absolute Gasteiger partial charge is 0.479 e. The topological polar surface area (TPSA) is 127 Å². The minimum absolute atomic E-state index is 0.0943. The van der Waals surface area contributed by atoms with E-state index in [1.807, 2.05) is 0 Å². The van der Waals surface area contributed by atoms with E-state index in [0.717, 1.165) is 0 Å². The Kier molecular flexibility index (Phi) is 4.45. The van der Waals surface area contributed by atoms with Crippen molar-refractivity contribution in [3.8, 4) is 6.07 Å². The lowest BCUT2D eigenvalue weighted by atomic mass is 10.0. The molecule has 1 aliphatic heterocycles. The van der Waals surface area contributed by atoms with Crippen LogP contribution in [0.4, 0.5) is 0 Å². The molecule has 0 unspecified atom stereocenters. The van der Waals surface area contributed by atoms with Gasteiger partial charge in [-0.05, 0) is 12.1 Å². The van der Waals surface area contributed by atoms with Crippen molar-refractivity contribution in [3.05, 3.63) is 48.0 Å². The number of carbonyl (C=O) groups is 2. The first-order chi connectivity index (χ1) is 12.0. The molecule has 1 aliphatic rings. The van der Waals surface area contributed by atoms with Crippen LogP contribution in [0.1, 0.15) is 29.3 Å². The van der Waals surface area contributed by atoms with E-state index in [1.165, 1.54) is 11.0 Å². The van der Waals surface area contributed by atoms with Gasteiger partial charge in [-0.1, -0.05) is 25.1 Å². The summed E-state index contributed by atoms with van der Waals surface area (Å²) >= 11 is 0. The second-order valence-corrected chi connectivity index (χ2v) is 5.54. The van der Waals surface area contributed by atoms with Gasteiger partial charge in [0.15, 0.2) is 18.4 Å². The standard InChI is InChI=1S/C16H14N4O5/c1-9-12(25-16(23)10-5-3-2-4-6-10)14(24-13(9)15(21)22)20-8-18-11(7-17)19-20/h2-6,8-9,12-14H,1H3,(H,21,22)/t9-,12+,13-,14+/m0/s1. The van der Waals surface area contributed by atoms with Crippen LogP contribution >= 0.6 is 0 Å². The zero-order valence-corrected chi connectivity index (χ0v) is 13.1. The number of rotatable bonds is 4. The lowest BCUT2D eigenvalue weighted by molar-refractivity contribution is -0.153. The highest BCUT2D eigenvalue weighted by Gasteiger charge is 2.49. The van der Waals surface area contributed by atoms with Crippen LogP contribution in [0, 0.1) is 17.2 Å². The van der Waals surface area contributed by atoms with E-state index in [9.17, 15) is 14.7 Å². The van der Waals surface area contributed by atoms with Crippen molar-refractivity contribution in [2.75, 3.05) is 0 Å². The molecule has 128 valence electrons. The van der Waals surface area contributed by atoms with E-state index in [2.05, 4.69) is 10.1 Å². The molecule has 0 amide bonds. The molecule has 0 aliphatic carbocycles. The van der Waals surface area contributed by atoms with Crippen LogP contribution in [-0.2, 0) is 14.3 Å². The Hall–Kier alpha value is -3.25. The number of hydrogen-bond donors (Lipinski definition) is 1. The lowest BCUT2D eigenvalue weighted by Crippen LogP contribution is -2.32. The highest BCUT2D eigenvalue weighted by atomic mass is 16.6. The SMILES string of the molecule is C[C@H]1[C@@H](OC(=O)c2ccccc2)[C@H](n2cnc(C#N)n2)O[C@@H]1C(=O)O. The Morgan fingerprint density at radius 1 is 1.36 bits per heavy atom. The second-order valence-electron chi connectivity index (χ2n) is 5.54. The van der Waals surface area contributed by atoms with Gasteiger partial charge < -0.3 is 14.6 Å². The molecule has 0 spiro atoms. The van der Waals surface area contributed by atoms with E-state index in [0.29, 0.717) is 5.56 Å². The molecule has 0 saturated carbocycles. The number of nitriles is 1. The van der Waals surface area contributed by atoms with E-state index >= 15 is 0 Å². The van der Waals surface area contributed by atoms with E-state index in [1.54, 1.807) is 43.3 Å². The number of esters is 1. The van der Waals surface area contributed by atoms with Gasteiger partial charge in [0.2, 0.25) is 0 Å². The normalized spacial score (nSPS) is 25.3. The van der Waals surface area contributed by atoms with Crippen LogP contribution < -0.4 is 0 Å². The Labute approximate surface area is 142 Å². The van der Waals surface area contributed by atoms with Gasteiger partial charge in [-0.2, -0.15) is 5.26 Å². The number of hydrogen-bond acceptors (Lipinski definition) is 7. The fourth-order valence-corrected chi connectivity index (χ4v) is 2.66. The predicted octanol–water partition coefficient (Wildman–Crippen LogP) is 0.993. The third-order valence-corrected chi connectivity index (χ3v) is 3.93. The predicted molar refractivity (Wildman–Crippen MR) is 81.1 cm³/mol. The molecule has 1 N–H and O–H groups in total. The first kappa shape index (κ1) is 16.6. The number of aromatic nitrogens is 3. The van der Waals surface area contributed by atoms with E-state index < -0.39 is 36.3 Å². The summed E-state index contributed by atoms with van der Waals surface area (Å²) in [5, 5.41) is 22.0. The highest BCUT2D eigenvalue weighted by Crippen LogP contribution is 2.36. The third-order valence-electron chi connectivity index (χ3n) is 3.93. The van der Waals surface area contributed by atoms with Gasteiger partial charge in [-0.25, -0.2) is 19.3 Å². The summed E-state index contributed by atoms with van der Waals surface area (Å²) in [7, 11) is 0. The average molecular weight is 342 g/mol. The summed E-state index contributed by atoms with van der Waals surface area (Å²) < 4.78 is 12.2. The van der Waals surface area contributed by atoms with Crippen molar-refractivity contribution >= 4 is 11.9 Å². The molecule has 1 aromatic carbocycles. The van der Waals surface area contributed by atoms with Crippen molar-refractivity contribution in [1.82, 2.24) is 14.8 Å². The molecule has 0 radical (unpaired) electrons. The molecular formula is C16H14N4O5. The Morgan fingerprint density at radius 2 is 2.08 bits per heavy atom. The Bertz CT molecular complexity index is 829. The summed E-state index contributed by atoms with van der Waals surface area (Å²) in [6.45, 7) is 1.61. The van der Waals surface area contributed by atoms with Crippen molar-refractivity contribution in [2.45, 2.75) is 25.4 Å². The van der Waals surface area contributed by atoms with Crippen LogP contribution in [0.25, 0.3) is 0 Å². The zero-order valence-electron chi connectivity index (χ0n) is 13.1. The quantitative estimate of drug-likeness (QED) is 0.815. The molecule has 1 fully saturated rings. The van der Waals surface area contributed by atoms with Crippen molar-refractivity contribution < 1.29 is 24.2 Å². The molecular weight excluding hydrogens is 328 g/mol. The maximum Gasteiger partial charge on any atom is 0.338 e. The number of ether oxygens (including phenoxy) is 2. The molecule has 3 rings (SSSR count). The lowest BCUT2D eigenvalue weighted by Gasteiger charge is -2.21. The summed E-state index contributed by atoms with van der Waals surface area (Å²) in [6.07, 6.45) is -1.82. The Balaban J connectivity index is 1.88. The summed E-state index contributed by atoms with van der Waals surface area (Å²) in [4.78, 5) is 27.5. The van der Waals surface area contributed by atoms with Gasteiger partial charge in [-0.15, -0.1) is 5.10 Å². The van der Waals surface area contributed by atoms with Crippen LogP contribution in [0.3, 0.4) is 0 Å². The van der Waals surface area contributed by atoms with Gasteiger partial charge in [0, 0.05) is 5.92 Å². The number of carboxylic acids is 1. The minimum Gasteiger partial charge on any atom is -0.479 e. The average Bonchev–Trinajstić information content (AvgIpc) is 3.21. The van der Waals surface area contributed by atoms with Crippen LogP contribution in [-0.4, -0.2) is 44.0 Å². The number of benzene rings is 1. The van der Waals surface area contributed by atoms with E-state index in [4.69, 9.17) is 14.7 Å². The van der Waals surface area contributed by atoms with Crippen molar-refractivity contribution in [3.63, 3.8) is 0 Å². The molecule has 2 heterocycles. The molecule has 0 bridgehead atoms. The van der Waals surface area contributed by atoms with Crippen LogP contribution in [0.15, 0.2) is 36.7 Å². The summed E-state index contributed by atoms with van der Waals surface area (Å²) in [6, 6.07) is 10.1. The molecule has 4 atom stereocenters. The molecule has 9 heteroatoms. The number of carbonyl (C=O) groups excluding carboxylic acids is 1. The molecule has 25 heavy (non-hydrogen) atoms. The smallest absolute Gasteiger partial charge is 0.338 e. The highest BCUT2D eigenvalue weighted by molar-refractivity contribution is 5.89. The number of aliphatic carboxylic acids is 1. The van der Waals surface area contributed by atoms with Gasteiger partial charge in [-0.3, -0.25) is 0 Å². The maximum absolute atomic E-state index is 12.3. The third kappa shape index (κ3) is 3.20. The van der Waals surface area contributed by atoms with Gasteiger partial charge >= 0.3 is 11.9 Å². The van der Waals surface area contributed by atoms with Crippen molar-refractivity contribution in [1.29, 1.82) is 5.26 Å². The fourth-order valence-electron chi connectivity index (χ4n) is 2.66. The monoisotopic (exact) mass is 342 g/mol. The molecule has 1 aromatic heterocycles. The summed E-state index contributed by atoms with van der Waals surface area (Å²) in [5.41, 5.74) is 0.337. The first-order valence-corrected chi connectivity index (χ1v) is 7.47. The maximum atomic E-state index is 12.3. The van der Waals surface area contributed by atoms with Gasteiger partial charge in [0.1, 0.15) is 12.4 Å². The number of nitrogens with zero attached hydrogens (tertiary/aromatic N) is 4. The molecule has 1 saturated heterocycles. The summed E-state index contributed by atoms with van der Waals surface area (Å²) in [5.74, 6) is -2.48. The minimum atomic E-state index is -1.17. The van der Waals surface area contributed by atoms with E-state index in [-0.39, 0.29) is 5.82 Å². The Morgan fingerprint density at radius 3 is 2.68 bits per heavy atom. The van der Waals surface area contributed by atoms with Crippen LogP contribution in [0.2, 0.25) is 0 Å². The zero-order chi connectivity index (χ0) is 18.0.